The highest BCUT2D eigenvalue weighted by atomic mass is 31.2. The summed E-state index contributed by atoms with van der Waals surface area (Å²) in [6.45, 7) is 14.6. The van der Waals surface area contributed by atoms with Gasteiger partial charge >= 0.3 is 13.8 Å². The van der Waals surface area contributed by atoms with E-state index in [1.54, 1.807) is 6.07 Å². The van der Waals surface area contributed by atoms with Crippen molar-refractivity contribution in [1.29, 1.82) is 0 Å². The fraction of sp³-hybridized carbons (Fsp3) is 0.667. The Hall–Kier alpha value is -1.96. The van der Waals surface area contributed by atoms with Crippen LogP contribution in [0.2, 0.25) is 0 Å². The van der Waals surface area contributed by atoms with Gasteiger partial charge in [-0.25, -0.2) is 9.36 Å². The molecular weight excluding hydrogens is 553 g/mol. The average molecular weight is 608 g/mol. The quantitative estimate of drug-likeness (QED) is 0.0524. The topological polar surface area (TPSA) is 137 Å². The van der Waals surface area contributed by atoms with Gasteiger partial charge in [-0.1, -0.05) is 70.3 Å². The first-order valence-corrected chi connectivity index (χ1v) is 17.0. The number of benzene rings is 1. The molecule has 2 aliphatic carbocycles. The number of aromatic hydroxyl groups is 1. The summed E-state index contributed by atoms with van der Waals surface area (Å²) in [5.41, 5.74) is 2.11. The van der Waals surface area contributed by atoms with Crippen molar-refractivity contribution in [2.24, 2.45) is 11.8 Å². The van der Waals surface area contributed by atoms with Crippen LogP contribution in [0.5, 0.6) is 11.5 Å². The fourth-order valence-electron chi connectivity index (χ4n) is 5.93. The highest BCUT2D eigenvalue weighted by molar-refractivity contribution is 7.47. The Morgan fingerprint density at radius 3 is 2.38 bits per heavy atom. The number of allylic oxidation sites excluding steroid dienone is 3. The van der Waals surface area contributed by atoms with Crippen molar-refractivity contribution in [3.63, 3.8) is 0 Å². The van der Waals surface area contributed by atoms with Gasteiger partial charge in [-0.2, -0.15) is 0 Å². The maximum absolute atomic E-state index is 13.6. The van der Waals surface area contributed by atoms with Crippen LogP contribution >= 0.6 is 7.82 Å². The number of ether oxygens (including phenoxy) is 1. The second-order valence-corrected chi connectivity index (χ2v) is 13.6. The second kappa shape index (κ2) is 16.2. The third-order valence-electron chi connectivity index (χ3n) is 8.40. The number of phosphoric acid groups is 1. The molecule has 3 atom stereocenters. The zero-order chi connectivity index (χ0) is 30.2. The van der Waals surface area contributed by atoms with Crippen LogP contribution in [0, 0.1) is 11.8 Å². The summed E-state index contributed by atoms with van der Waals surface area (Å²) in [6, 6.07) is 3.61. The van der Waals surface area contributed by atoms with Crippen LogP contribution in [-0.2, 0) is 24.8 Å². The van der Waals surface area contributed by atoms with Crippen molar-refractivity contribution in [1.82, 2.24) is 6.15 Å². The number of phenolic OH excluding ortho intramolecular Hbond substituents is 1. The molecule has 9 heteroatoms. The Morgan fingerprint density at radius 2 is 1.81 bits per heavy atom. The van der Waals surface area contributed by atoms with E-state index in [0.29, 0.717) is 5.56 Å². The van der Waals surface area contributed by atoms with Crippen molar-refractivity contribution in [2.45, 2.75) is 123 Å². The van der Waals surface area contributed by atoms with E-state index < -0.39 is 19.4 Å². The van der Waals surface area contributed by atoms with Crippen molar-refractivity contribution < 1.29 is 33.1 Å². The maximum atomic E-state index is 13.6. The Morgan fingerprint density at radius 1 is 1.14 bits per heavy atom. The normalized spacial score (nSPS) is 20.8. The molecule has 2 aliphatic rings. The summed E-state index contributed by atoms with van der Waals surface area (Å²) in [7, 11) is -4.49. The van der Waals surface area contributed by atoms with E-state index in [1.807, 2.05) is 13.0 Å². The van der Waals surface area contributed by atoms with Gasteiger partial charge in [0.25, 0.3) is 0 Å². The van der Waals surface area contributed by atoms with Crippen molar-refractivity contribution >= 4 is 13.8 Å². The molecule has 1 saturated carbocycles. The first-order valence-electron chi connectivity index (χ1n) is 15.5. The van der Waals surface area contributed by atoms with Crippen molar-refractivity contribution in [2.75, 3.05) is 6.61 Å². The minimum absolute atomic E-state index is 0. The minimum atomic E-state index is -4.49. The first-order chi connectivity index (χ1) is 19.4. The molecule has 238 valence electrons. The number of hydrogen-bond acceptors (Lipinski definition) is 7. The lowest BCUT2D eigenvalue weighted by Gasteiger charge is -2.32. The monoisotopic (exact) mass is 607 g/mol. The zero-order valence-corrected chi connectivity index (χ0v) is 27.3. The Kier molecular flexibility index (Phi) is 14.0. The lowest BCUT2D eigenvalue weighted by Crippen LogP contribution is -2.31. The van der Waals surface area contributed by atoms with Gasteiger partial charge in [-0.15, -0.1) is 0 Å². The number of carbonyl (C=O) groups is 1. The largest absolute Gasteiger partial charge is 0.507 e. The fourth-order valence-corrected chi connectivity index (χ4v) is 7.08. The summed E-state index contributed by atoms with van der Waals surface area (Å²) in [5.74, 6) is -0.327. The van der Waals surface area contributed by atoms with Crippen LogP contribution in [0.1, 0.15) is 122 Å². The molecule has 3 rings (SSSR count). The standard InChI is InChI=1S/C33H51O7P.H3N/c1-7-10-11-14-26-20-29(34)31(28-19-24(6)15-16-27(28)23(4)5)30(21-26)39-32(35)33(17-18-33)40-41(36,37)38-22-25(12-8-2)13-9-3;/h19-21,25,27-28,34H,4,7-18,22H2,1-3,5-6H3,(H,36,37);1H3/t27-,28+;/m0./s1. The number of unbranched alkanes of at least 4 members (excludes halogenated alkanes) is 2. The lowest BCUT2D eigenvalue weighted by molar-refractivity contribution is -0.145. The van der Waals surface area contributed by atoms with E-state index in [4.69, 9.17) is 13.8 Å². The van der Waals surface area contributed by atoms with Crippen LogP contribution in [0.4, 0.5) is 0 Å². The van der Waals surface area contributed by atoms with E-state index in [9.17, 15) is 19.4 Å². The predicted octanol–water partition coefficient (Wildman–Crippen LogP) is 9.09. The third-order valence-corrected chi connectivity index (χ3v) is 9.45. The predicted molar refractivity (Wildman–Crippen MR) is 168 cm³/mol. The molecule has 0 saturated heterocycles. The Bertz CT molecular complexity index is 1140. The summed E-state index contributed by atoms with van der Waals surface area (Å²) in [5, 5.41) is 11.3. The minimum Gasteiger partial charge on any atom is -0.507 e. The number of aryl methyl sites for hydroxylation is 1. The van der Waals surface area contributed by atoms with Gasteiger partial charge in [0.15, 0.2) is 5.60 Å². The molecule has 0 amide bonds. The number of hydrogen-bond donors (Lipinski definition) is 3. The van der Waals surface area contributed by atoms with Crippen molar-refractivity contribution in [3.8, 4) is 11.5 Å². The molecule has 1 aromatic rings. The molecule has 0 spiro atoms. The molecule has 1 aromatic carbocycles. The number of phosphoric ester groups is 1. The molecule has 42 heavy (non-hydrogen) atoms. The Labute approximate surface area is 253 Å². The molecule has 1 unspecified atom stereocenters. The molecule has 0 aliphatic heterocycles. The number of rotatable bonds is 17. The van der Waals surface area contributed by atoms with E-state index in [0.717, 1.165) is 75.3 Å². The summed E-state index contributed by atoms with van der Waals surface area (Å²) < 4.78 is 29.8. The molecule has 5 N–H and O–H groups in total. The molecule has 0 heterocycles. The van der Waals surface area contributed by atoms with Gasteiger partial charge in [0.2, 0.25) is 0 Å². The zero-order valence-electron chi connectivity index (χ0n) is 26.5. The van der Waals surface area contributed by atoms with Gasteiger partial charge in [-0.05, 0) is 94.7 Å². The van der Waals surface area contributed by atoms with Gasteiger partial charge in [0, 0.05) is 11.5 Å². The van der Waals surface area contributed by atoms with Crippen LogP contribution in [0.15, 0.2) is 35.9 Å². The van der Waals surface area contributed by atoms with Gasteiger partial charge in [0.1, 0.15) is 11.5 Å². The van der Waals surface area contributed by atoms with Crippen LogP contribution in [-0.4, -0.2) is 28.2 Å². The first kappa shape index (κ1) is 36.2. The number of esters is 1. The smallest absolute Gasteiger partial charge is 0.473 e. The summed E-state index contributed by atoms with van der Waals surface area (Å²) in [6.07, 6.45) is 12.0. The van der Waals surface area contributed by atoms with E-state index in [-0.39, 0.29) is 54.9 Å². The van der Waals surface area contributed by atoms with E-state index in [2.05, 4.69) is 40.3 Å². The molecule has 0 bridgehead atoms. The maximum Gasteiger partial charge on any atom is 0.473 e. The molecule has 8 nitrogen and oxygen atoms in total. The van der Waals surface area contributed by atoms with Crippen LogP contribution in [0.25, 0.3) is 0 Å². The van der Waals surface area contributed by atoms with Gasteiger partial charge in [-0.3, -0.25) is 9.05 Å². The number of carbonyl (C=O) groups excluding carboxylic acids is 1. The third kappa shape index (κ3) is 9.78. The average Bonchev–Trinajstić information content (AvgIpc) is 3.67. The molecule has 0 radical (unpaired) electrons. The second-order valence-electron chi connectivity index (χ2n) is 12.2. The summed E-state index contributed by atoms with van der Waals surface area (Å²) in [4.78, 5) is 24.1. The molecule has 0 aromatic heterocycles. The van der Waals surface area contributed by atoms with E-state index in [1.165, 1.54) is 5.57 Å². The van der Waals surface area contributed by atoms with Crippen LogP contribution < -0.4 is 10.9 Å². The molecular formula is C33H54NO7P. The molecule has 1 fully saturated rings. The number of phenols is 1. The van der Waals surface area contributed by atoms with Crippen LogP contribution in [0.3, 0.4) is 0 Å². The van der Waals surface area contributed by atoms with Gasteiger partial charge in [0.05, 0.1) is 6.61 Å². The lowest BCUT2D eigenvalue weighted by atomic mass is 9.73. The highest BCUT2D eigenvalue weighted by Crippen LogP contribution is 2.56. The van der Waals surface area contributed by atoms with Gasteiger partial charge < -0.3 is 20.9 Å². The summed E-state index contributed by atoms with van der Waals surface area (Å²) >= 11 is 0. The SMILES string of the molecule is C=C(C)[C@@H]1CCC(C)=C[C@H]1c1c(O)cc(CCCCC)cc1OC(=O)C1(OP(=O)(O)OCC(CCC)CCC)CC1.N. The van der Waals surface area contributed by atoms with Crippen molar-refractivity contribution in [3.05, 3.63) is 47.1 Å². The van der Waals surface area contributed by atoms with E-state index >= 15 is 0 Å². The highest BCUT2D eigenvalue weighted by Gasteiger charge is 2.58. The Balaban J connectivity index is 0.00000616.